The first-order valence-electron chi connectivity index (χ1n) is 6.58. The lowest BCUT2D eigenvalue weighted by Gasteiger charge is -2.23. The second-order valence-electron chi connectivity index (χ2n) is 4.99. The largest absolute Gasteiger partial charge is 0.481 e. The third-order valence-corrected chi connectivity index (χ3v) is 5.34. The van der Waals surface area contributed by atoms with Crippen molar-refractivity contribution in [2.45, 2.75) is 24.5 Å². The van der Waals surface area contributed by atoms with Crippen molar-refractivity contribution in [1.29, 1.82) is 0 Å². The molecule has 0 spiro atoms. The Hall–Kier alpha value is -1.25. The molecule has 148 valence electrons. The van der Waals surface area contributed by atoms with E-state index in [1.165, 1.54) is 0 Å². The van der Waals surface area contributed by atoms with Crippen molar-refractivity contribution in [3.63, 3.8) is 0 Å². The number of aliphatic hydroxyl groups excluding tert-OH is 2. The van der Waals surface area contributed by atoms with Crippen LogP contribution < -0.4 is 11.2 Å². The summed E-state index contributed by atoms with van der Waals surface area (Å²) in [4.78, 5) is 51.0. The van der Waals surface area contributed by atoms with Gasteiger partial charge in [-0.25, -0.2) is 13.9 Å². The molecule has 0 bridgehead atoms. The smallest absolute Gasteiger partial charge is 0.394 e. The monoisotopic (exact) mass is 422 g/mol. The van der Waals surface area contributed by atoms with Crippen molar-refractivity contribution in [3.8, 4) is 0 Å². The zero-order valence-electron chi connectivity index (χ0n) is 12.4. The summed E-state index contributed by atoms with van der Waals surface area (Å²) in [6, 6.07) is 0. The molecule has 1 aliphatic rings. The van der Waals surface area contributed by atoms with Gasteiger partial charge >= 0.3 is 21.3 Å². The van der Waals surface area contributed by atoms with E-state index in [1.54, 1.807) is 4.98 Å². The van der Waals surface area contributed by atoms with Crippen molar-refractivity contribution in [2.75, 3.05) is 6.61 Å². The van der Waals surface area contributed by atoms with Crippen molar-refractivity contribution in [2.24, 2.45) is 0 Å². The number of H-pyrrole nitrogens is 1. The van der Waals surface area contributed by atoms with Crippen LogP contribution in [-0.4, -0.2) is 59.4 Å². The molecule has 1 fully saturated rings. The second kappa shape index (κ2) is 7.40. The zero-order chi connectivity index (χ0) is 19.9. The summed E-state index contributed by atoms with van der Waals surface area (Å²) in [6.07, 6.45) is -6.91. The summed E-state index contributed by atoms with van der Waals surface area (Å²) >= 11 is 0. The molecule has 1 aromatic heterocycles. The standard InChI is InChI=1S/C9H13FN2O12P2/c10-3-1-12(9(16)11-7(3)15)8-6(5(14)4(2-13)22-8)23-26(20,21)24-25(17,18)19/h1,4-6,8,13-14H,2H2,(H,20,21)(H,11,15,16)(H2,17,18,19)/t4-,5-,6-,8-/m1/s1. The number of ether oxygens (including phenoxy) is 1. The SMILES string of the molecule is O=c1[nH]c(=O)n([C@@H]2O[C@H](CO)[C@@H](O)[C@H]2OP(=O)(O)OP(=O)(O)O)cc1F. The molecule has 0 aliphatic carbocycles. The summed E-state index contributed by atoms with van der Waals surface area (Å²) in [5.41, 5.74) is -2.64. The average Bonchev–Trinajstić information content (AvgIpc) is 2.76. The summed E-state index contributed by atoms with van der Waals surface area (Å²) in [5.74, 6) is -1.45. The first-order valence-corrected chi connectivity index (χ1v) is 9.60. The maximum atomic E-state index is 13.4. The first-order chi connectivity index (χ1) is 11.8. The number of halogens is 1. The number of phosphoric ester groups is 1. The van der Waals surface area contributed by atoms with Crippen LogP contribution in [0, 0.1) is 5.82 Å². The van der Waals surface area contributed by atoms with E-state index in [0.717, 1.165) is 0 Å². The van der Waals surface area contributed by atoms with Gasteiger partial charge in [0.15, 0.2) is 6.23 Å². The van der Waals surface area contributed by atoms with Gasteiger partial charge in [-0.2, -0.15) is 8.70 Å². The molecule has 1 saturated heterocycles. The third kappa shape index (κ3) is 4.72. The van der Waals surface area contributed by atoms with Gasteiger partial charge in [0.05, 0.1) is 12.8 Å². The van der Waals surface area contributed by atoms with Crippen LogP contribution in [0.1, 0.15) is 6.23 Å². The number of aliphatic hydroxyl groups is 2. The Bertz CT molecular complexity index is 878. The van der Waals surface area contributed by atoms with Gasteiger partial charge in [-0.1, -0.05) is 0 Å². The summed E-state index contributed by atoms with van der Waals surface area (Å²) < 4.78 is 49.2. The van der Waals surface area contributed by atoms with Gasteiger partial charge in [0, 0.05) is 0 Å². The maximum absolute atomic E-state index is 13.4. The van der Waals surface area contributed by atoms with Gasteiger partial charge in [0.25, 0.3) is 5.56 Å². The van der Waals surface area contributed by atoms with Crippen LogP contribution in [0.4, 0.5) is 4.39 Å². The fourth-order valence-electron chi connectivity index (χ4n) is 2.16. The summed E-state index contributed by atoms with van der Waals surface area (Å²) in [6.45, 7) is -0.868. The summed E-state index contributed by atoms with van der Waals surface area (Å²) in [7, 11) is -11.0. The minimum Gasteiger partial charge on any atom is -0.394 e. The van der Waals surface area contributed by atoms with E-state index in [0.29, 0.717) is 10.8 Å². The van der Waals surface area contributed by atoms with Crippen LogP contribution >= 0.6 is 15.6 Å². The van der Waals surface area contributed by atoms with Gasteiger partial charge in [-0.3, -0.25) is 18.9 Å². The van der Waals surface area contributed by atoms with E-state index >= 15 is 0 Å². The van der Waals surface area contributed by atoms with E-state index in [2.05, 4.69) is 8.83 Å². The number of phosphoric acid groups is 2. The molecular formula is C9H13FN2O12P2. The maximum Gasteiger partial charge on any atom is 0.481 e. The van der Waals surface area contributed by atoms with Crippen molar-refractivity contribution < 1.29 is 52.0 Å². The van der Waals surface area contributed by atoms with Gasteiger partial charge < -0.3 is 29.6 Å². The molecule has 2 rings (SSSR count). The van der Waals surface area contributed by atoms with E-state index < -0.39 is 63.9 Å². The van der Waals surface area contributed by atoms with Crippen LogP contribution in [0.5, 0.6) is 0 Å². The van der Waals surface area contributed by atoms with Gasteiger partial charge in [0.1, 0.15) is 18.3 Å². The molecule has 6 N–H and O–H groups in total. The molecular weight excluding hydrogens is 409 g/mol. The third-order valence-electron chi connectivity index (χ3n) is 3.16. The number of aromatic nitrogens is 2. The molecule has 1 aliphatic heterocycles. The van der Waals surface area contributed by atoms with Crippen LogP contribution in [0.3, 0.4) is 0 Å². The van der Waals surface area contributed by atoms with Crippen LogP contribution in [0.15, 0.2) is 15.8 Å². The first kappa shape index (κ1) is 21.1. The fourth-order valence-corrected chi connectivity index (χ4v) is 3.93. The number of hydrogen-bond donors (Lipinski definition) is 6. The number of nitrogens with zero attached hydrogens (tertiary/aromatic N) is 1. The van der Waals surface area contributed by atoms with Gasteiger partial charge in [-0.05, 0) is 0 Å². The quantitative estimate of drug-likeness (QED) is 0.263. The molecule has 17 heteroatoms. The lowest BCUT2D eigenvalue weighted by Crippen LogP contribution is -2.39. The van der Waals surface area contributed by atoms with E-state index in [4.69, 9.17) is 19.6 Å². The van der Waals surface area contributed by atoms with Crippen LogP contribution in [0.2, 0.25) is 0 Å². The van der Waals surface area contributed by atoms with Crippen molar-refractivity contribution >= 4 is 15.6 Å². The highest BCUT2D eigenvalue weighted by Gasteiger charge is 2.50. The lowest BCUT2D eigenvalue weighted by molar-refractivity contribution is -0.0547. The van der Waals surface area contributed by atoms with E-state index in [-0.39, 0.29) is 0 Å². The number of rotatable bonds is 6. The molecule has 26 heavy (non-hydrogen) atoms. The Morgan fingerprint density at radius 2 is 1.92 bits per heavy atom. The molecule has 0 aromatic carbocycles. The van der Waals surface area contributed by atoms with Crippen molar-refractivity contribution in [3.05, 3.63) is 32.9 Å². The average molecular weight is 422 g/mol. The highest BCUT2D eigenvalue weighted by atomic mass is 31.3. The molecule has 0 saturated carbocycles. The highest BCUT2D eigenvalue weighted by molar-refractivity contribution is 7.60. The highest BCUT2D eigenvalue weighted by Crippen LogP contribution is 2.59. The lowest BCUT2D eigenvalue weighted by atomic mass is 10.1. The predicted octanol–water partition coefficient (Wildman–Crippen LogP) is -2.48. The number of nitrogens with one attached hydrogen (secondary N) is 1. The van der Waals surface area contributed by atoms with Gasteiger partial charge in [-0.15, -0.1) is 0 Å². The normalized spacial score (nSPS) is 28.8. The van der Waals surface area contributed by atoms with Gasteiger partial charge in [0.2, 0.25) is 5.82 Å². The zero-order valence-corrected chi connectivity index (χ0v) is 14.2. The molecule has 0 amide bonds. The molecule has 1 unspecified atom stereocenters. The minimum absolute atomic E-state index is 0.345. The molecule has 0 radical (unpaired) electrons. The number of hydrogen-bond acceptors (Lipinski definition) is 9. The Balaban J connectivity index is 2.42. The second-order valence-corrected chi connectivity index (χ2v) is 7.77. The molecule has 1 aromatic rings. The Morgan fingerprint density at radius 1 is 1.31 bits per heavy atom. The topological polar surface area (TPSA) is 218 Å². The van der Waals surface area contributed by atoms with Crippen LogP contribution in [-0.2, 0) is 22.7 Å². The fraction of sp³-hybridized carbons (Fsp3) is 0.556. The summed E-state index contributed by atoms with van der Waals surface area (Å²) in [5, 5.41) is 19.1. The van der Waals surface area contributed by atoms with Crippen LogP contribution in [0.25, 0.3) is 0 Å². The number of aromatic amines is 1. The minimum atomic E-state index is -5.50. The van der Waals surface area contributed by atoms with Crippen molar-refractivity contribution in [1.82, 2.24) is 9.55 Å². The Kier molecular flexibility index (Phi) is 5.99. The van der Waals surface area contributed by atoms with E-state index in [1.807, 2.05) is 0 Å². The molecule has 2 heterocycles. The van der Waals surface area contributed by atoms with E-state index in [9.17, 15) is 33.1 Å². The molecule has 14 nitrogen and oxygen atoms in total. The Labute approximate surface area is 142 Å². The molecule has 5 atom stereocenters. The Morgan fingerprint density at radius 3 is 2.46 bits per heavy atom. The predicted molar refractivity (Wildman–Crippen MR) is 76.1 cm³/mol.